The minimum Gasteiger partial charge on any atom is -0.495 e. The molecular formula is C15H20N2O5S. The van der Waals surface area contributed by atoms with Crippen molar-refractivity contribution in [1.82, 2.24) is 4.31 Å². The molecule has 0 heterocycles. The third-order valence-corrected chi connectivity index (χ3v) is 5.59. The number of methoxy groups -OCH3 is 1. The highest BCUT2D eigenvalue weighted by atomic mass is 32.2. The third-order valence-electron chi connectivity index (χ3n) is 3.60. The summed E-state index contributed by atoms with van der Waals surface area (Å²) in [6, 6.07) is 3.59. The molecular weight excluding hydrogens is 320 g/mol. The van der Waals surface area contributed by atoms with E-state index in [1.165, 1.54) is 20.1 Å². The number of carboxylic acid groups (broad SMARTS) is 1. The molecule has 0 spiro atoms. The van der Waals surface area contributed by atoms with Crippen LogP contribution >= 0.6 is 0 Å². The molecule has 0 saturated carbocycles. The van der Waals surface area contributed by atoms with E-state index in [9.17, 15) is 13.2 Å². The summed E-state index contributed by atoms with van der Waals surface area (Å²) in [6.45, 7) is 4.64. The highest BCUT2D eigenvalue weighted by molar-refractivity contribution is 7.89. The molecule has 1 rings (SSSR count). The molecule has 0 aliphatic carbocycles. The van der Waals surface area contributed by atoms with Gasteiger partial charge in [-0.25, -0.2) is 8.42 Å². The van der Waals surface area contributed by atoms with Crippen LogP contribution < -0.4 is 4.74 Å². The van der Waals surface area contributed by atoms with Crippen molar-refractivity contribution in [2.45, 2.75) is 38.1 Å². The molecule has 0 saturated heterocycles. The summed E-state index contributed by atoms with van der Waals surface area (Å²) < 4.78 is 31.8. The van der Waals surface area contributed by atoms with E-state index in [0.717, 1.165) is 15.4 Å². The van der Waals surface area contributed by atoms with E-state index < -0.39 is 22.0 Å². The number of carboxylic acids is 1. The summed E-state index contributed by atoms with van der Waals surface area (Å²) in [6.07, 6.45) is -0.107. The van der Waals surface area contributed by atoms with Crippen LogP contribution in [0.4, 0.5) is 0 Å². The van der Waals surface area contributed by atoms with Gasteiger partial charge in [-0.2, -0.15) is 9.57 Å². The van der Waals surface area contributed by atoms with Crippen molar-refractivity contribution >= 4 is 16.0 Å². The molecule has 1 unspecified atom stereocenters. The number of sulfonamides is 1. The first-order valence-electron chi connectivity index (χ1n) is 6.93. The van der Waals surface area contributed by atoms with Crippen LogP contribution in [0.2, 0.25) is 0 Å². The average Bonchev–Trinajstić information content (AvgIpc) is 2.49. The van der Waals surface area contributed by atoms with Crippen molar-refractivity contribution in [3.63, 3.8) is 0 Å². The molecule has 0 radical (unpaired) electrons. The molecule has 0 aliphatic heterocycles. The van der Waals surface area contributed by atoms with Crippen LogP contribution in [0.25, 0.3) is 0 Å². The zero-order valence-corrected chi connectivity index (χ0v) is 14.3. The number of hydrogen-bond acceptors (Lipinski definition) is 5. The Morgan fingerprint density at radius 1 is 1.39 bits per heavy atom. The third kappa shape index (κ3) is 4.00. The van der Waals surface area contributed by atoms with Gasteiger partial charge in [0.2, 0.25) is 10.0 Å². The zero-order chi connectivity index (χ0) is 17.8. The van der Waals surface area contributed by atoms with Crippen LogP contribution in [0.15, 0.2) is 17.0 Å². The molecule has 1 atom stereocenters. The number of aliphatic carboxylic acids is 1. The lowest BCUT2D eigenvalue weighted by Crippen LogP contribution is -2.43. The quantitative estimate of drug-likeness (QED) is 0.809. The standard InChI is InChI=1S/C15H20N2O5S/c1-10-8-13(22-4)14(9-11(10)2)23(20,21)17(7-5-6-16)12(3)15(18)19/h8-9,12H,5,7H2,1-4H3,(H,18,19). The van der Waals surface area contributed by atoms with Crippen LogP contribution in [0.3, 0.4) is 0 Å². The lowest BCUT2D eigenvalue weighted by Gasteiger charge is -2.26. The molecule has 126 valence electrons. The van der Waals surface area contributed by atoms with Gasteiger partial charge in [0, 0.05) is 13.0 Å². The normalized spacial score (nSPS) is 12.7. The largest absolute Gasteiger partial charge is 0.495 e. The summed E-state index contributed by atoms with van der Waals surface area (Å²) in [5.74, 6) is -1.14. The van der Waals surface area contributed by atoms with Crippen LogP contribution in [-0.4, -0.2) is 43.5 Å². The van der Waals surface area contributed by atoms with Crippen molar-refractivity contribution < 1.29 is 23.1 Å². The molecule has 7 nitrogen and oxygen atoms in total. The number of aryl methyl sites for hydroxylation is 2. The Hall–Kier alpha value is -2.11. The Bertz CT molecular complexity index is 737. The molecule has 0 fully saturated rings. The number of ether oxygens (including phenoxy) is 1. The smallest absolute Gasteiger partial charge is 0.321 e. The fourth-order valence-electron chi connectivity index (χ4n) is 2.06. The molecule has 8 heteroatoms. The molecule has 0 amide bonds. The highest BCUT2D eigenvalue weighted by Crippen LogP contribution is 2.30. The van der Waals surface area contributed by atoms with Crippen molar-refractivity contribution in [2.75, 3.05) is 13.7 Å². The van der Waals surface area contributed by atoms with Gasteiger partial charge in [0.25, 0.3) is 0 Å². The molecule has 0 aromatic heterocycles. The van der Waals surface area contributed by atoms with Gasteiger partial charge in [0.15, 0.2) is 0 Å². The van der Waals surface area contributed by atoms with Crippen LogP contribution in [0.1, 0.15) is 24.5 Å². The topological polar surface area (TPSA) is 108 Å². The zero-order valence-electron chi connectivity index (χ0n) is 13.5. The second-order valence-electron chi connectivity index (χ2n) is 5.13. The number of nitriles is 1. The van der Waals surface area contributed by atoms with Gasteiger partial charge < -0.3 is 9.84 Å². The Labute approximate surface area is 136 Å². The molecule has 23 heavy (non-hydrogen) atoms. The maximum absolute atomic E-state index is 12.9. The lowest BCUT2D eigenvalue weighted by atomic mass is 10.1. The Kier molecular flexibility index (Phi) is 6.12. The van der Waals surface area contributed by atoms with Gasteiger partial charge in [0.1, 0.15) is 16.7 Å². The maximum Gasteiger partial charge on any atom is 0.321 e. The fraction of sp³-hybridized carbons (Fsp3) is 0.467. The number of carbonyl (C=O) groups is 1. The Balaban J connectivity index is 3.49. The van der Waals surface area contributed by atoms with E-state index in [2.05, 4.69) is 0 Å². The van der Waals surface area contributed by atoms with E-state index in [1.807, 2.05) is 13.0 Å². The van der Waals surface area contributed by atoms with Gasteiger partial charge in [0.05, 0.1) is 13.2 Å². The first-order chi connectivity index (χ1) is 10.7. The van der Waals surface area contributed by atoms with Crippen molar-refractivity contribution in [1.29, 1.82) is 5.26 Å². The minimum atomic E-state index is -4.12. The predicted octanol–water partition coefficient (Wildman–Crippen LogP) is 1.69. The highest BCUT2D eigenvalue weighted by Gasteiger charge is 2.34. The molecule has 0 bridgehead atoms. The monoisotopic (exact) mass is 340 g/mol. The minimum absolute atomic E-state index is 0.103. The number of benzene rings is 1. The Morgan fingerprint density at radius 2 is 1.96 bits per heavy atom. The summed E-state index contributed by atoms with van der Waals surface area (Å²) in [5, 5.41) is 17.9. The van der Waals surface area contributed by atoms with Gasteiger partial charge >= 0.3 is 5.97 Å². The summed E-state index contributed by atoms with van der Waals surface area (Å²) in [4.78, 5) is 11.1. The number of hydrogen-bond donors (Lipinski definition) is 1. The second kappa shape index (κ2) is 7.44. The first kappa shape index (κ1) is 18.9. The second-order valence-corrected chi connectivity index (χ2v) is 6.98. The number of rotatable bonds is 7. The molecule has 1 aromatic carbocycles. The van der Waals surface area contributed by atoms with Crippen molar-refractivity contribution in [2.24, 2.45) is 0 Å². The number of nitrogens with zero attached hydrogens (tertiary/aromatic N) is 2. The van der Waals surface area contributed by atoms with Gasteiger partial charge in [-0.3, -0.25) is 4.79 Å². The molecule has 1 N–H and O–H groups in total. The van der Waals surface area contributed by atoms with E-state index in [0.29, 0.717) is 0 Å². The molecule has 1 aromatic rings. The van der Waals surface area contributed by atoms with E-state index >= 15 is 0 Å². The van der Waals surface area contributed by atoms with E-state index in [1.54, 1.807) is 13.0 Å². The van der Waals surface area contributed by atoms with E-state index in [4.69, 9.17) is 15.1 Å². The van der Waals surface area contributed by atoms with E-state index in [-0.39, 0.29) is 23.6 Å². The van der Waals surface area contributed by atoms with Crippen molar-refractivity contribution in [3.8, 4) is 11.8 Å². The Morgan fingerprint density at radius 3 is 2.43 bits per heavy atom. The average molecular weight is 340 g/mol. The van der Waals surface area contributed by atoms with Gasteiger partial charge in [-0.05, 0) is 44.0 Å². The van der Waals surface area contributed by atoms with Crippen LogP contribution in [0.5, 0.6) is 5.75 Å². The maximum atomic E-state index is 12.9. The summed E-state index contributed by atoms with van der Waals surface area (Å²) in [7, 11) is -2.77. The predicted molar refractivity (Wildman–Crippen MR) is 83.7 cm³/mol. The molecule has 0 aliphatic rings. The lowest BCUT2D eigenvalue weighted by molar-refractivity contribution is -0.140. The summed E-state index contributed by atoms with van der Waals surface area (Å²) in [5.41, 5.74) is 1.60. The fourth-order valence-corrected chi connectivity index (χ4v) is 3.87. The van der Waals surface area contributed by atoms with Gasteiger partial charge in [-0.1, -0.05) is 0 Å². The summed E-state index contributed by atoms with van der Waals surface area (Å²) >= 11 is 0. The van der Waals surface area contributed by atoms with Crippen LogP contribution in [-0.2, 0) is 14.8 Å². The van der Waals surface area contributed by atoms with Crippen LogP contribution in [0, 0.1) is 25.2 Å². The SMILES string of the molecule is COc1cc(C)c(C)cc1S(=O)(=O)N(CCC#N)C(C)C(=O)O. The van der Waals surface area contributed by atoms with Crippen molar-refractivity contribution in [3.05, 3.63) is 23.3 Å². The first-order valence-corrected chi connectivity index (χ1v) is 8.37. The van der Waals surface area contributed by atoms with Gasteiger partial charge in [-0.15, -0.1) is 0 Å².